The van der Waals surface area contributed by atoms with E-state index in [-0.39, 0.29) is 0 Å². The summed E-state index contributed by atoms with van der Waals surface area (Å²) in [4.78, 5) is 9.18. The third-order valence-corrected chi connectivity index (χ3v) is 3.54. The number of benzene rings is 1. The zero-order valence-corrected chi connectivity index (χ0v) is 11.2. The van der Waals surface area contributed by atoms with E-state index in [2.05, 4.69) is 46.0 Å². The van der Waals surface area contributed by atoms with Crippen LogP contribution in [0, 0.1) is 13.0 Å². The molecule has 3 rings (SSSR count). The minimum absolute atomic E-state index is 1.02. The lowest BCUT2D eigenvalue weighted by atomic mass is 10.2. The van der Waals surface area contributed by atoms with Crippen molar-refractivity contribution in [3.63, 3.8) is 0 Å². The van der Waals surface area contributed by atoms with E-state index in [1.54, 1.807) is 0 Å². The molecule has 0 amide bonds. The first-order chi connectivity index (χ1) is 9.33. The zero-order valence-electron chi connectivity index (χ0n) is 11.2. The molecule has 0 spiro atoms. The fourth-order valence-corrected chi connectivity index (χ4v) is 2.49. The Balaban J connectivity index is 1.67. The first-order valence-corrected chi connectivity index (χ1v) is 6.71. The minimum atomic E-state index is 1.02. The molecule has 1 aromatic heterocycles. The van der Waals surface area contributed by atoms with Crippen molar-refractivity contribution in [3.8, 4) is 0 Å². The molecule has 3 heteroatoms. The van der Waals surface area contributed by atoms with Gasteiger partial charge in [0, 0.05) is 38.1 Å². The van der Waals surface area contributed by atoms with Gasteiger partial charge in [-0.2, -0.15) is 0 Å². The van der Waals surface area contributed by atoms with Gasteiger partial charge in [-0.05, 0) is 42.8 Å². The van der Waals surface area contributed by atoms with E-state index in [0.29, 0.717) is 0 Å². The highest BCUT2D eigenvalue weighted by atomic mass is 15.3. The molecule has 1 aliphatic rings. The Morgan fingerprint density at radius 2 is 1.84 bits per heavy atom. The van der Waals surface area contributed by atoms with Crippen LogP contribution in [0.25, 0.3) is 0 Å². The number of aryl methyl sites for hydroxylation is 1. The molecule has 19 heavy (non-hydrogen) atoms. The second kappa shape index (κ2) is 5.31. The van der Waals surface area contributed by atoms with Gasteiger partial charge in [0.1, 0.15) is 5.82 Å². The lowest BCUT2D eigenvalue weighted by Gasteiger charge is -2.36. The summed E-state index contributed by atoms with van der Waals surface area (Å²) in [6, 6.07) is 15.6. The molecular formula is C16H18N3. The normalized spacial score (nSPS) is 15.6. The molecule has 0 aliphatic carbocycles. The zero-order chi connectivity index (χ0) is 13.1. The van der Waals surface area contributed by atoms with Crippen LogP contribution in [0.3, 0.4) is 0 Å². The summed E-state index contributed by atoms with van der Waals surface area (Å²) >= 11 is 0. The second-order valence-electron chi connectivity index (χ2n) is 4.93. The van der Waals surface area contributed by atoms with E-state index < -0.39 is 0 Å². The van der Waals surface area contributed by atoms with Crippen LogP contribution in [0.4, 0.5) is 11.5 Å². The van der Waals surface area contributed by atoms with E-state index in [1.165, 1.54) is 11.3 Å². The number of hydrogen-bond acceptors (Lipinski definition) is 3. The number of rotatable bonds is 2. The van der Waals surface area contributed by atoms with Crippen LogP contribution in [0.1, 0.15) is 5.56 Å². The van der Waals surface area contributed by atoms with Crippen LogP contribution >= 0.6 is 0 Å². The highest BCUT2D eigenvalue weighted by molar-refractivity contribution is 5.50. The number of nitrogens with zero attached hydrogens (tertiary/aromatic N) is 3. The van der Waals surface area contributed by atoms with Gasteiger partial charge in [-0.1, -0.05) is 12.1 Å². The molecule has 0 saturated carbocycles. The maximum atomic E-state index is 4.42. The summed E-state index contributed by atoms with van der Waals surface area (Å²) in [5, 5.41) is 0. The third-order valence-electron chi connectivity index (χ3n) is 3.54. The van der Waals surface area contributed by atoms with Crippen molar-refractivity contribution >= 4 is 11.5 Å². The maximum Gasteiger partial charge on any atom is 0.128 e. The molecular weight excluding hydrogens is 234 g/mol. The van der Waals surface area contributed by atoms with Crippen molar-refractivity contribution in [1.82, 2.24) is 4.98 Å². The fraction of sp³-hybridized carbons (Fsp3) is 0.312. The fourth-order valence-electron chi connectivity index (χ4n) is 2.49. The number of piperazine rings is 1. The molecule has 97 valence electrons. The van der Waals surface area contributed by atoms with E-state index in [4.69, 9.17) is 0 Å². The molecule has 0 atom stereocenters. The Labute approximate surface area is 114 Å². The van der Waals surface area contributed by atoms with Crippen molar-refractivity contribution in [2.24, 2.45) is 0 Å². The Hall–Kier alpha value is -2.03. The van der Waals surface area contributed by atoms with Crippen molar-refractivity contribution in [1.29, 1.82) is 0 Å². The predicted octanol–water partition coefficient (Wildman–Crippen LogP) is 2.52. The monoisotopic (exact) mass is 252 g/mol. The van der Waals surface area contributed by atoms with Crippen LogP contribution in [0.15, 0.2) is 42.6 Å². The average molecular weight is 252 g/mol. The van der Waals surface area contributed by atoms with Gasteiger partial charge < -0.3 is 9.80 Å². The van der Waals surface area contributed by atoms with Gasteiger partial charge >= 0.3 is 0 Å². The van der Waals surface area contributed by atoms with E-state index >= 15 is 0 Å². The highest BCUT2D eigenvalue weighted by Gasteiger charge is 2.17. The molecule has 1 radical (unpaired) electrons. The topological polar surface area (TPSA) is 19.4 Å². The maximum absolute atomic E-state index is 4.42. The van der Waals surface area contributed by atoms with Gasteiger partial charge in [0.05, 0.1) is 0 Å². The van der Waals surface area contributed by atoms with Gasteiger partial charge in [-0.25, -0.2) is 4.98 Å². The SMILES string of the molecule is Cc1c[c]cc(N2CCN(c3ccccn3)CC2)c1. The quantitative estimate of drug-likeness (QED) is 0.818. The Morgan fingerprint density at radius 1 is 1.05 bits per heavy atom. The van der Waals surface area contributed by atoms with E-state index in [1.807, 2.05) is 24.4 Å². The summed E-state index contributed by atoms with van der Waals surface area (Å²) in [6.45, 7) is 6.22. The van der Waals surface area contributed by atoms with Crippen molar-refractivity contribution in [3.05, 3.63) is 54.2 Å². The first-order valence-electron chi connectivity index (χ1n) is 6.71. The Morgan fingerprint density at radius 3 is 2.53 bits per heavy atom. The number of aromatic nitrogens is 1. The summed E-state index contributed by atoms with van der Waals surface area (Å²) in [7, 11) is 0. The Bertz CT molecular complexity index is 531. The first kappa shape index (κ1) is 12.0. The molecule has 1 aromatic carbocycles. The lowest BCUT2D eigenvalue weighted by Crippen LogP contribution is -2.46. The Kier molecular flexibility index (Phi) is 3.36. The molecule has 0 N–H and O–H groups in total. The third kappa shape index (κ3) is 2.70. The van der Waals surface area contributed by atoms with Crippen LogP contribution in [-0.2, 0) is 0 Å². The van der Waals surface area contributed by atoms with Gasteiger partial charge in [0.2, 0.25) is 0 Å². The standard InChI is InChI=1S/C16H18N3/c1-14-5-4-6-15(13-14)18-9-11-19(12-10-18)16-7-2-3-8-17-16/h2-3,5-8,13H,9-12H2,1H3. The van der Waals surface area contributed by atoms with Crippen LogP contribution in [0.5, 0.6) is 0 Å². The average Bonchev–Trinajstić information content (AvgIpc) is 2.48. The molecule has 0 unspecified atom stereocenters. The number of pyridine rings is 1. The van der Waals surface area contributed by atoms with E-state index in [0.717, 1.165) is 32.0 Å². The second-order valence-corrected chi connectivity index (χ2v) is 4.93. The van der Waals surface area contributed by atoms with Crippen molar-refractivity contribution < 1.29 is 0 Å². The molecule has 2 aromatic rings. The molecule has 1 aliphatic heterocycles. The minimum Gasteiger partial charge on any atom is -0.368 e. The smallest absolute Gasteiger partial charge is 0.128 e. The summed E-state index contributed by atoms with van der Waals surface area (Å²) in [6.07, 6.45) is 1.86. The number of hydrogen-bond donors (Lipinski definition) is 0. The van der Waals surface area contributed by atoms with Crippen molar-refractivity contribution in [2.75, 3.05) is 36.0 Å². The van der Waals surface area contributed by atoms with Crippen molar-refractivity contribution in [2.45, 2.75) is 6.92 Å². The van der Waals surface area contributed by atoms with Crippen LogP contribution in [-0.4, -0.2) is 31.2 Å². The van der Waals surface area contributed by atoms with Gasteiger partial charge in [-0.3, -0.25) is 0 Å². The van der Waals surface area contributed by atoms with Gasteiger partial charge in [0.15, 0.2) is 0 Å². The van der Waals surface area contributed by atoms with Crippen LogP contribution < -0.4 is 9.80 Å². The van der Waals surface area contributed by atoms with E-state index in [9.17, 15) is 0 Å². The molecule has 1 fully saturated rings. The summed E-state index contributed by atoms with van der Waals surface area (Å²) in [5.74, 6) is 1.08. The molecule has 2 heterocycles. The number of anilines is 2. The molecule has 1 saturated heterocycles. The predicted molar refractivity (Wildman–Crippen MR) is 78.7 cm³/mol. The molecule has 0 bridgehead atoms. The largest absolute Gasteiger partial charge is 0.368 e. The molecule has 3 nitrogen and oxygen atoms in total. The van der Waals surface area contributed by atoms with Crippen LogP contribution in [0.2, 0.25) is 0 Å². The highest BCUT2D eigenvalue weighted by Crippen LogP contribution is 2.19. The van der Waals surface area contributed by atoms with Gasteiger partial charge in [0.25, 0.3) is 0 Å². The van der Waals surface area contributed by atoms with Gasteiger partial charge in [-0.15, -0.1) is 0 Å². The summed E-state index contributed by atoms with van der Waals surface area (Å²) < 4.78 is 0. The summed E-state index contributed by atoms with van der Waals surface area (Å²) in [5.41, 5.74) is 2.55. The lowest BCUT2D eigenvalue weighted by molar-refractivity contribution is 0.647.